The van der Waals surface area contributed by atoms with Crippen molar-refractivity contribution in [3.63, 3.8) is 0 Å². The summed E-state index contributed by atoms with van der Waals surface area (Å²) in [4.78, 5) is 11.5. The van der Waals surface area contributed by atoms with Crippen LogP contribution < -0.4 is 5.46 Å². The SMILES string of the molecule is O=C(OCCC(F)(F)F)c1ccc2c(c1)B(O)OC2. The van der Waals surface area contributed by atoms with E-state index < -0.39 is 32.3 Å². The van der Waals surface area contributed by atoms with Crippen molar-refractivity contribution in [3.8, 4) is 0 Å². The van der Waals surface area contributed by atoms with E-state index in [1.807, 2.05) is 0 Å². The molecule has 0 aromatic heterocycles. The first-order valence-corrected chi connectivity index (χ1v) is 5.53. The average Bonchev–Trinajstić information content (AvgIpc) is 2.69. The lowest BCUT2D eigenvalue weighted by Crippen LogP contribution is -2.29. The van der Waals surface area contributed by atoms with Gasteiger partial charge in [-0.05, 0) is 23.2 Å². The molecule has 0 saturated carbocycles. The van der Waals surface area contributed by atoms with Crippen LogP contribution in [0.25, 0.3) is 0 Å². The Morgan fingerprint density at radius 2 is 2.21 bits per heavy atom. The third-order valence-electron chi connectivity index (χ3n) is 2.66. The first kappa shape index (κ1) is 13.9. The molecule has 1 aliphatic heterocycles. The van der Waals surface area contributed by atoms with E-state index in [9.17, 15) is 23.0 Å². The predicted octanol–water partition coefficient (Wildman–Crippen LogP) is 1.01. The Kier molecular flexibility index (Phi) is 3.82. The highest BCUT2D eigenvalue weighted by atomic mass is 19.4. The number of hydrogen-bond donors (Lipinski definition) is 1. The van der Waals surface area contributed by atoms with E-state index in [1.165, 1.54) is 12.1 Å². The van der Waals surface area contributed by atoms with Crippen molar-refractivity contribution in [1.29, 1.82) is 0 Å². The van der Waals surface area contributed by atoms with Crippen LogP contribution in [-0.2, 0) is 16.0 Å². The van der Waals surface area contributed by atoms with Gasteiger partial charge in [-0.3, -0.25) is 0 Å². The zero-order valence-electron chi connectivity index (χ0n) is 9.74. The highest BCUT2D eigenvalue weighted by Crippen LogP contribution is 2.19. The molecule has 0 unspecified atom stereocenters. The van der Waals surface area contributed by atoms with Crippen LogP contribution in [0.15, 0.2) is 18.2 Å². The standard InChI is InChI=1S/C11H10BF3O4/c13-11(14,15)3-4-18-10(16)7-1-2-8-6-19-12(17)9(8)5-7/h1-2,5,17H,3-4,6H2. The molecule has 0 saturated heterocycles. The summed E-state index contributed by atoms with van der Waals surface area (Å²) in [6.45, 7) is -0.488. The molecule has 1 aromatic rings. The second-order valence-electron chi connectivity index (χ2n) is 4.08. The molecule has 1 aliphatic rings. The fraction of sp³-hybridized carbons (Fsp3) is 0.364. The van der Waals surface area contributed by atoms with Crippen LogP contribution in [0.2, 0.25) is 0 Å². The summed E-state index contributed by atoms with van der Waals surface area (Å²) in [5, 5.41) is 9.45. The molecule has 0 amide bonds. The zero-order valence-corrected chi connectivity index (χ0v) is 9.74. The molecule has 8 heteroatoms. The third kappa shape index (κ3) is 3.48. The Morgan fingerprint density at radius 3 is 2.89 bits per heavy atom. The molecule has 1 N–H and O–H groups in total. The van der Waals surface area contributed by atoms with E-state index in [-0.39, 0.29) is 12.2 Å². The Balaban J connectivity index is 1.99. The third-order valence-corrected chi connectivity index (χ3v) is 2.66. The van der Waals surface area contributed by atoms with E-state index >= 15 is 0 Å². The van der Waals surface area contributed by atoms with E-state index in [0.29, 0.717) is 5.46 Å². The molecule has 2 rings (SSSR count). The van der Waals surface area contributed by atoms with Gasteiger partial charge in [0.25, 0.3) is 0 Å². The highest BCUT2D eigenvalue weighted by Gasteiger charge is 2.29. The number of carbonyl (C=O) groups is 1. The topological polar surface area (TPSA) is 55.8 Å². The van der Waals surface area contributed by atoms with Gasteiger partial charge in [0.2, 0.25) is 0 Å². The molecule has 0 spiro atoms. The van der Waals surface area contributed by atoms with E-state index in [1.54, 1.807) is 6.07 Å². The molecule has 1 heterocycles. The molecule has 0 bridgehead atoms. The van der Waals surface area contributed by atoms with Gasteiger partial charge in [-0.2, -0.15) is 13.2 Å². The molecular weight excluding hydrogens is 264 g/mol. The number of esters is 1. The van der Waals surface area contributed by atoms with Crippen LogP contribution >= 0.6 is 0 Å². The van der Waals surface area contributed by atoms with Gasteiger partial charge in [-0.1, -0.05) is 6.07 Å². The largest absolute Gasteiger partial charge is 0.491 e. The minimum absolute atomic E-state index is 0.0884. The number of halogens is 3. The summed E-state index contributed by atoms with van der Waals surface area (Å²) in [5.41, 5.74) is 1.26. The minimum atomic E-state index is -4.36. The smallest absolute Gasteiger partial charge is 0.462 e. The number of rotatable bonds is 3. The minimum Gasteiger partial charge on any atom is -0.462 e. The van der Waals surface area contributed by atoms with Crippen molar-refractivity contribution in [2.75, 3.05) is 6.61 Å². The molecule has 0 fully saturated rings. The summed E-state index contributed by atoms with van der Waals surface area (Å²) in [6, 6.07) is 4.37. The molecule has 4 nitrogen and oxygen atoms in total. The van der Waals surface area contributed by atoms with Crippen molar-refractivity contribution in [3.05, 3.63) is 29.3 Å². The maximum Gasteiger partial charge on any atom is 0.491 e. The quantitative estimate of drug-likeness (QED) is 0.660. The van der Waals surface area contributed by atoms with E-state index in [2.05, 4.69) is 4.74 Å². The lowest BCUT2D eigenvalue weighted by molar-refractivity contribution is -0.141. The number of benzene rings is 1. The molecule has 102 valence electrons. The van der Waals surface area contributed by atoms with Gasteiger partial charge in [0, 0.05) is 0 Å². The van der Waals surface area contributed by atoms with Gasteiger partial charge >= 0.3 is 19.3 Å². The van der Waals surface area contributed by atoms with Gasteiger partial charge in [-0.15, -0.1) is 0 Å². The average molecular weight is 274 g/mol. The molecule has 0 radical (unpaired) electrons. The number of ether oxygens (including phenoxy) is 1. The normalized spacial score (nSPS) is 14.4. The Morgan fingerprint density at radius 1 is 1.47 bits per heavy atom. The molecule has 1 aromatic carbocycles. The van der Waals surface area contributed by atoms with E-state index in [4.69, 9.17) is 4.65 Å². The zero-order chi connectivity index (χ0) is 14.0. The number of alkyl halides is 3. The van der Waals surface area contributed by atoms with Crippen molar-refractivity contribution in [2.24, 2.45) is 0 Å². The monoisotopic (exact) mass is 274 g/mol. The van der Waals surface area contributed by atoms with E-state index in [0.717, 1.165) is 5.56 Å². The lowest BCUT2D eigenvalue weighted by atomic mass is 9.79. The van der Waals surface area contributed by atoms with Gasteiger partial charge in [0.05, 0.1) is 18.6 Å². The first-order valence-electron chi connectivity index (χ1n) is 5.53. The Bertz CT molecular complexity index is 489. The number of hydrogen-bond acceptors (Lipinski definition) is 4. The number of carbonyl (C=O) groups excluding carboxylic acids is 1. The number of fused-ring (bicyclic) bond motifs is 1. The van der Waals surface area contributed by atoms with Crippen LogP contribution in [-0.4, -0.2) is 30.9 Å². The summed E-state index contributed by atoms with van der Waals surface area (Å²) < 4.78 is 45.2. The van der Waals surface area contributed by atoms with Crippen molar-refractivity contribution >= 4 is 18.6 Å². The van der Waals surface area contributed by atoms with Crippen LogP contribution in [0.1, 0.15) is 22.3 Å². The van der Waals surface area contributed by atoms with Crippen molar-refractivity contribution < 1.29 is 32.4 Å². The molecule has 0 atom stereocenters. The second kappa shape index (κ2) is 5.22. The fourth-order valence-corrected chi connectivity index (χ4v) is 1.68. The Hall–Kier alpha value is -1.54. The fourth-order valence-electron chi connectivity index (χ4n) is 1.68. The molecule has 0 aliphatic carbocycles. The van der Waals surface area contributed by atoms with Crippen molar-refractivity contribution in [1.82, 2.24) is 0 Å². The van der Waals surface area contributed by atoms with Gasteiger partial charge in [0.1, 0.15) is 6.61 Å². The molecular formula is C11H10BF3O4. The van der Waals surface area contributed by atoms with Crippen LogP contribution in [0.3, 0.4) is 0 Å². The predicted molar refractivity (Wildman–Crippen MR) is 59.8 cm³/mol. The van der Waals surface area contributed by atoms with Crippen LogP contribution in [0.5, 0.6) is 0 Å². The van der Waals surface area contributed by atoms with Crippen LogP contribution in [0, 0.1) is 0 Å². The van der Waals surface area contributed by atoms with Crippen LogP contribution in [0.4, 0.5) is 13.2 Å². The van der Waals surface area contributed by atoms with Gasteiger partial charge in [-0.25, -0.2) is 4.79 Å². The maximum absolute atomic E-state index is 11.9. The summed E-state index contributed by atoms with van der Waals surface area (Å²) >= 11 is 0. The summed E-state index contributed by atoms with van der Waals surface area (Å²) in [7, 11) is -1.11. The molecule has 19 heavy (non-hydrogen) atoms. The highest BCUT2D eigenvalue weighted by molar-refractivity contribution is 6.61. The second-order valence-corrected chi connectivity index (χ2v) is 4.08. The summed E-state index contributed by atoms with van der Waals surface area (Å²) in [6.07, 6.45) is -5.54. The first-order chi connectivity index (χ1) is 8.87. The van der Waals surface area contributed by atoms with Gasteiger partial charge < -0.3 is 14.4 Å². The lowest BCUT2D eigenvalue weighted by Gasteiger charge is -2.08. The maximum atomic E-state index is 11.9. The van der Waals surface area contributed by atoms with Gasteiger partial charge in [0.15, 0.2) is 0 Å². The summed E-state index contributed by atoms with van der Waals surface area (Å²) in [5.74, 6) is -0.855. The Labute approximate surface area is 107 Å². The van der Waals surface area contributed by atoms with Crippen molar-refractivity contribution in [2.45, 2.75) is 19.2 Å².